The maximum Gasteiger partial charge on any atom is 0.319 e. The van der Waals surface area contributed by atoms with Crippen LogP contribution in [0.25, 0.3) is 10.9 Å². The van der Waals surface area contributed by atoms with Gasteiger partial charge >= 0.3 is 6.03 Å². The Bertz CT molecular complexity index is 950. The molecule has 0 saturated carbocycles. The molecule has 2 amide bonds. The van der Waals surface area contributed by atoms with Crippen molar-refractivity contribution in [3.05, 3.63) is 60.0 Å². The van der Waals surface area contributed by atoms with Crippen LogP contribution in [0.3, 0.4) is 0 Å². The van der Waals surface area contributed by atoms with Crippen LogP contribution >= 0.6 is 0 Å². The lowest BCUT2D eigenvalue weighted by Gasteiger charge is -2.38. The Morgan fingerprint density at radius 2 is 2.04 bits per heavy atom. The molecule has 3 aromatic rings. The second-order valence-electron chi connectivity index (χ2n) is 6.85. The van der Waals surface area contributed by atoms with Gasteiger partial charge in [0.15, 0.2) is 0 Å². The second kappa shape index (κ2) is 7.36. The molecule has 0 radical (unpaired) electrons. The van der Waals surface area contributed by atoms with Gasteiger partial charge < -0.3 is 15.4 Å². The molecule has 0 unspecified atom stereocenters. The number of aromatic amines is 1. The maximum atomic E-state index is 13.8. The number of amides is 2. The van der Waals surface area contributed by atoms with E-state index in [0.29, 0.717) is 25.4 Å². The monoisotopic (exact) mass is 368 g/mol. The van der Waals surface area contributed by atoms with Gasteiger partial charge in [0, 0.05) is 30.6 Å². The molecule has 140 valence electrons. The standard InChI is InChI=1S/C20H21FN4O2/c21-16-5-2-4-15(11-16)20(7-9-27-10-8-20)13-22-19(26)24-17-6-1-3-14-12-23-25-18(14)17/h1-6,11-12H,7-10,13H2,(H,23,25)(H2,22,24,26). The number of aromatic nitrogens is 2. The summed E-state index contributed by atoms with van der Waals surface area (Å²) in [5, 5.41) is 13.6. The molecule has 1 aliphatic rings. The van der Waals surface area contributed by atoms with E-state index in [2.05, 4.69) is 20.8 Å². The number of benzene rings is 2. The van der Waals surface area contributed by atoms with Crippen LogP contribution in [0.1, 0.15) is 18.4 Å². The number of ether oxygens (including phenoxy) is 1. The van der Waals surface area contributed by atoms with Gasteiger partial charge in [-0.2, -0.15) is 5.10 Å². The lowest BCUT2D eigenvalue weighted by Crippen LogP contribution is -2.45. The van der Waals surface area contributed by atoms with Crippen molar-refractivity contribution < 1.29 is 13.9 Å². The van der Waals surface area contributed by atoms with Crippen LogP contribution in [0.2, 0.25) is 0 Å². The van der Waals surface area contributed by atoms with Gasteiger partial charge in [-0.15, -0.1) is 0 Å². The molecule has 0 spiro atoms. The first-order chi connectivity index (χ1) is 13.2. The van der Waals surface area contributed by atoms with Gasteiger partial charge in [-0.1, -0.05) is 24.3 Å². The van der Waals surface area contributed by atoms with Crippen LogP contribution in [-0.2, 0) is 10.2 Å². The summed E-state index contributed by atoms with van der Waals surface area (Å²) in [4.78, 5) is 12.5. The normalized spacial score (nSPS) is 16.2. The number of carbonyl (C=O) groups is 1. The summed E-state index contributed by atoms with van der Waals surface area (Å²) in [6.45, 7) is 1.59. The van der Waals surface area contributed by atoms with Crippen molar-refractivity contribution in [3.8, 4) is 0 Å². The molecule has 6 nitrogen and oxygen atoms in total. The maximum absolute atomic E-state index is 13.8. The van der Waals surface area contributed by atoms with Gasteiger partial charge in [-0.3, -0.25) is 5.10 Å². The smallest absolute Gasteiger partial charge is 0.319 e. The van der Waals surface area contributed by atoms with Crippen molar-refractivity contribution in [2.45, 2.75) is 18.3 Å². The zero-order chi connectivity index (χ0) is 18.7. The van der Waals surface area contributed by atoms with E-state index < -0.39 is 0 Å². The van der Waals surface area contributed by atoms with Gasteiger partial charge in [-0.25, -0.2) is 9.18 Å². The summed E-state index contributed by atoms with van der Waals surface area (Å²) in [7, 11) is 0. The fourth-order valence-corrected chi connectivity index (χ4v) is 3.64. The Labute approximate surface area is 156 Å². The number of hydrogen-bond donors (Lipinski definition) is 3. The van der Waals surface area contributed by atoms with E-state index in [4.69, 9.17) is 4.74 Å². The Balaban J connectivity index is 1.49. The Hall–Kier alpha value is -2.93. The molecular formula is C20H21FN4O2. The van der Waals surface area contributed by atoms with Crippen LogP contribution in [0.4, 0.5) is 14.9 Å². The number of urea groups is 1. The first kappa shape index (κ1) is 17.5. The van der Waals surface area contributed by atoms with Gasteiger partial charge in [0.05, 0.1) is 17.4 Å². The summed E-state index contributed by atoms with van der Waals surface area (Å²) < 4.78 is 19.2. The summed E-state index contributed by atoms with van der Waals surface area (Å²) >= 11 is 0. The number of anilines is 1. The highest BCUT2D eigenvalue weighted by Crippen LogP contribution is 2.34. The van der Waals surface area contributed by atoms with Crippen molar-refractivity contribution in [3.63, 3.8) is 0 Å². The number of nitrogens with zero attached hydrogens (tertiary/aromatic N) is 1. The summed E-state index contributed by atoms with van der Waals surface area (Å²) in [5.41, 5.74) is 1.99. The van der Waals surface area contributed by atoms with Crippen molar-refractivity contribution in [1.29, 1.82) is 0 Å². The number of rotatable bonds is 4. The number of H-pyrrole nitrogens is 1. The fourth-order valence-electron chi connectivity index (χ4n) is 3.64. The molecule has 0 aliphatic carbocycles. The van der Waals surface area contributed by atoms with E-state index in [0.717, 1.165) is 29.3 Å². The number of halogens is 1. The number of para-hydroxylation sites is 1. The predicted molar refractivity (Wildman–Crippen MR) is 101 cm³/mol. The minimum atomic E-state index is -0.336. The van der Waals surface area contributed by atoms with E-state index >= 15 is 0 Å². The van der Waals surface area contributed by atoms with Crippen molar-refractivity contribution in [1.82, 2.24) is 15.5 Å². The average Bonchev–Trinajstić information content (AvgIpc) is 3.17. The van der Waals surface area contributed by atoms with Crippen molar-refractivity contribution >= 4 is 22.6 Å². The Morgan fingerprint density at radius 3 is 2.85 bits per heavy atom. The lowest BCUT2D eigenvalue weighted by atomic mass is 9.74. The van der Waals surface area contributed by atoms with Gasteiger partial charge in [0.1, 0.15) is 5.82 Å². The molecule has 2 aromatic carbocycles. The molecule has 27 heavy (non-hydrogen) atoms. The molecular weight excluding hydrogens is 347 g/mol. The van der Waals surface area contributed by atoms with E-state index in [-0.39, 0.29) is 17.3 Å². The van der Waals surface area contributed by atoms with Crippen LogP contribution in [0.15, 0.2) is 48.7 Å². The molecule has 1 fully saturated rings. The number of nitrogens with one attached hydrogen (secondary N) is 3. The highest BCUT2D eigenvalue weighted by Gasteiger charge is 2.35. The van der Waals surface area contributed by atoms with Crippen LogP contribution in [-0.4, -0.2) is 36.0 Å². The van der Waals surface area contributed by atoms with E-state index in [1.165, 1.54) is 6.07 Å². The molecule has 2 heterocycles. The summed E-state index contributed by atoms with van der Waals surface area (Å²) in [5.74, 6) is -0.270. The highest BCUT2D eigenvalue weighted by molar-refractivity contribution is 5.99. The van der Waals surface area contributed by atoms with Crippen molar-refractivity contribution in [2.24, 2.45) is 0 Å². The van der Waals surface area contributed by atoms with Gasteiger partial charge in [-0.05, 0) is 36.6 Å². The van der Waals surface area contributed by atoms with Crippen LogP contribution in [0, 0.1) is 5.82 Å². The first-order valence-corrected chi connectivity index (χ1v) is 8.97. The van der Waals surface area contributed by atoms with E-state index in [1.807, 2.05) is 24.3 Å². The summed E-state index contributed by atoms with van der Waals surface area (Å²) in [6, 6.07) is 11.9. The third-order valence-corrected chi connectivity index (χ3v) is 5.20. The third kappa shape index (κ3) is 3.64. The second-order valence-corrected chi connectivity index (χ2v) is 6.85. The Kier molecular flexibility index (Phi) is 4.77. The quantitative estimate of drug-likeness (QED) is 0.659. The van der Waals surface area contributed by atoms with Crippen molar-refractivity contribution in [2.75, 3.05) is 25.1 Å². The predicted octanol–water partition coefficient (Wildman–Crippen LogP) is 3.57. The molecule has 0 bridgehead atoms. The zero-order valence-electron chi connectivity index (χ0n) is 14.8. The first-order valence-electron chi connectivity index (χ1n) is 8.97. The molecule has 1 aromatic heterocycles. The number of carbonyl (C=O) groups excluding carboxylic acids is 1. The zero-order valence-corrected chi connectivity index (χ0v) is 14.8. The van der Waals surface area contributed by atoms with E-state index in [1.54, 1.807) is 18.3 Å². The fraction of sp³-hybridized carbons (Fsp3) is 0.300. The largest absolute Gasteiger partial charge is 0.381 e. The SMILES string of the molecule is O=C(NCC1(c2cccc(F)c2)CCOCC1)Nc1cccc2cn[nH]c12. The van der Waals surface area contributed by atoms with Gasteiger partial charge in [0.25, 0.3) is 0 Å². The molecule has 0 atom stereocenters. The topological polar surface area (TPSA) is 79.0 Å². The highest BCUT2D eigenvalue weighted by atomic mass is 19.1. The molecule has 1 saturated heterocycles. The number of hydrogen-bond acceptors (Lipinski definition) is 3. The molecule has 3 N–H and O–H groups in total. The Morgan fingerprint density at radius 1 is 1.22 bits per heavy atom. The third-order valence-electron chi connectivity index (χ3n) is 5.20. The minimum Gasteiger partial charge on any atom is -0.381 e. The van der Waals surface area contributed by atoms with Crippen LogP contribution < -0.4 is 10.6 Å². The van der Waals surface area contributed by atoms with E-state index in [9.17, 15) is 9.18 Å². The lowest BCUT2D eigenvalue weighted by molar-refractivity contribution is 0.0507. The van der Waals surface area contributed by atoms with Crippen LogP contribution in [0.5, 0.6) is 0 Å². The molecule has 4 rings (SSSR count). The minimum absolute atomic E-state index is 0.270. The summed E-state index contributed by atoms with van der Waals surface area (Å²) in [6.07, 6.45) is 3.17. The molecule has 1 aliphatic heterocycles. The average molecular weight is 368 g/mol. The molecule has 7 heteroatoms. The van der Waals surface area contributed by atoms with Gasteiger partial charge in [0.2, 0.25) is 0 Å². The number of fused-ring (bicyclic) bond motifs is 1.